The third kappa shape index (κ3) is 3.09. The molecule has 1 aromatic carbocycles. The first-order valence-electron chi connectivity index (χ1n) is 3.44. The molecular weight excluding hydrogens is 320 g/mol. The van der Waals surface area contributed by atoms with E-state index in [2.05, 4.69) is 15.9 Å². The molecule has 0 bridgehead atoms. The highest BCUT2D eigenvalue weighted by Gasteiger charge is 2.36. The molecule has 0 aliphatic rings. The number of benzene rings is 1. The molecule has 1 rings (SSSR count). The third-order valence-corrected chi connectivity index (χ3v) is 3.37. The quantitative estimate of drug-likeness (QED) is 0.742. The topological polar surface area (TPSA) is 34.1 Å². The molecule has 0 spiro atoms. The van der Waals surface area contributed by atoms with Crippen molar-refractivity contribution in [3.63, 3.8) is 0 Å². The van der Waals surface area contributed by atoms with Crippen molar-refractivity contribution in [2.45, 2.75) is 11.1 Å². The van der Waals surface area contributed by atoms with Crippen LogP contribution in [0.15, 0.2) is 27.6 Å². The summed E-state index contributed by atoms with van der Waals surface area (Å²) in [6.45, 7) is 0. The van der Waals surface area contributed by atoms with E-state index in [1.807, 2.05) is 0 Å². The van der Waals surface area contributed by atoms with Gasteiger partial charge in [-0.05, 0) is 18.2 Å². The van der Waals surface area contributed by atoms with Crippen molar-refractivity contribution in [3.8, 4) is 0 Å². The van der Waals surface area contributed by atoms with Crippen LogP contribution in [0, 0.1) is 0 Å². The van der Waals surface area contributed by atoms with Crippen molar-refractivity contribution in [3.05, 3.63) is 28.2 Å². The fourth-order valence-corrected chi connectivity index (χ4v) is 2.54. The Balaban J connectivity index is 3.55. The normalized spacial score (nSPS) is 12.9. The minimum absolute atomic E-state index is 0.203. The average molecular weight is 324 g/mol. The molecule has 84 valence electrons. The summed E-state index contributed by atoms with van der Waals surface area (Å²) in [5.74, 6) is 0. The summed E-state index contributed by atoms with van der Waals surface area (Å²) in [4.78, 5) is -0.953. The third-order valence-electron chi connectivity index (χ3n) is 1.51. The Morgan fingerprint density at radius 1 is 1.27 bits per heavy atom. The van der Waals surface area contributed by atoms with Crippen molar-refractivity contribution in [2.24, 2.45) is 0 Å². The summed E-state index contributed by atoms with van der Waals surface area (Å²) in [6.07, 6.45) is -4.75. The van der Waals surface area contributed by atoms with Crippen LogP contribution < -0.4 is 0 Å². The van der Waals surface area contributed by atoms with Gasteiger partial charge in [0.25, 0.3) is 9.05 Å². The summed E-state index contributed by atoms with van der Waals surface area (Å²) in [5, 5.41) is 0. The van der Waals surface area contributed by atoms with Crippen LogP contribution in [0.4, 0.5) is 13.2 Å². The second-order valence-electron chi connectivity index (χ2n) is 2.58. The summed E-state index contributed by atoms with van der Waals surface area (Å²) in [6, 6.07) is 2.55. The van der Waals surface area contributed by atoms with Crippen LogP contribution in [0.25, 0.3) is 0 Å². The van der Waals surface area contributed by atoms with E-state index in [9.17, 15) is 21.6 Å². The molecular formula is C7H3BrClF3O2S. The van der Waals surface area contributed by atoms with Gasteiger partial charge >= 0.3 is 6.18 Å². The van der Waals surface area contributed by atoms with E-state index in [1.165, 1.54) is 0 Å². The maximum absolute atomic E-state index is 12.4. The summed E-state index contributed by atoms with van der Waals surface area (Å²) >= 11 is 2.87. The molecule has 0 heterocycles. The largest absolute Gasteiger partial charge is 0.417 e. The Hall–Kier alpha value is -0.270. The van der Waals surface area contributed by atoms with Gasteiger partial charge in [0.2, 0.25) is 0 Å². The SMILES string of the molecule is O=S(=O)(Cl)c1cc(Br)ccc1C(F)(F)F. The molecule has 1 aromatic rings. The molecule has 0 aromatic heterocycles. The highest BCUT2D eigenvalue weighted by molar-refractivity contribution is 9.10. The molecule has 0 unspecified atom stereocenters. The fourth-order valence-electron chi connectivity index (χ4n) is 0.932. The first kappa shape index (κ1) is 12.8. The molecule has 0 saturated carbocycles. The minimum atomic E-state index is -4.75. The van der Waals surface area contributed by atoms with Crippen LogP contribution in [-0.2, 0) is 15.2 Å². The van der Waals surface area contributed by atoms with Gasteiger partial charge in [-0.15, -0.1) is 0 Å². The van der Waals surface area contributed by atoms with Crippen LogP contribution in [-0.4, -0.2) is 8.42 Å². The fraction of sp³-hybridized carbons (Fsp3) is 0.143. The monoisotopic (exact) mass is 322 g/mol. The molecule has 0 aliphatic carbocycles. The van der Waals surface area contributed by atoms with Gasteiger partial charge in [-0.3, -0.25) is 0 Å². The van der Waals surface area contributed by atoms with Gasteiger partial charge in [-0.1, -0.05) is 15.9 Å². The molecule has 15 heavy (non-hydrogen) atoms. The van der Waals surface area contributed by atoms with Crippen molar-refractivity contribution in [1.29, 1.82) is 0 Å². The average Bonchev–Trinajstić information content (AvgIpc) is 2.00. The van der Waals surface area contributed by atoms with Crippen LogP contribution in [0.1, 0.15) is 5.56 Å². The minimum Gasteiger partial charge on any atom is -0.207 e. The number of alkyl halides is 3. The second kappa shape index (κ2) is 3.95. The Morgan fingerprint density at radius 3 is 2.20 bits per heavy atom. The van der Waals surface area contributed by atoms with Gasteiger partial charge in [0, 0.05) is 15.2 Å². The summed E-state index contributed by atoms with van der Waals surface area (Å²) in [5.41, 5.74) is -1.28. The Bertz CT molecular complexity index is 483. The Labute approximate surface area is 96.6 Å². The highest BCUT2D eigenvalue weighted by atomic mass is 79.9. The second-order valence-corrected chi connectivity index (χ2v) is 6.03. The van der Waals surface area contributed by atoms with Crippen molar-refractivity contribution in [2.75, 3.05) is 0 Å². The molecule has 0 aliphatic heterocycles. The lowest BCUT2D eigenvalue weighted by Crippen LogP contribution is -2.10. The zero-order valence-electron chi connectivity index (χ0n) is 6.85. The maximum atomic E-state index is 12.4. The van der Waals surface area contributed by atoms with Gasteiger partial charge in [-0.25, -0.2) is 8.42 Å². The lowest BCUT2D eigenvalue weighted by Gasteiger charge is -2.10. The van der Waals surface area contributed by atoms with Crippen LogP contribution in [0.5, 0.6) is 0 Å². The Kier molecular flexibility index (Phi) is 3.37. The summed E-state index contributed by atoms with van der Waals surface area (Å²) in [7, 11) is 0.476. The molecule has 0 saturated heterocycles. The van der Waals surface area contributed by atoms with Gasteiger partial charge in [0.15, 0.2) is 0 Å². The number of hydrogen-bond donors (Lipinski definition) is 0. The van der Waals surface area contributed by atoms with Crippen molar-refractivity contribution in [1.82, 2.24) is 0 Å². The van der Waals surface area contributed by atoms with Crippen LogP contribution >= 0.6 is 26.6 Å². The van der Waals surface area contributed by atoms with E-state index in [0.29, 0.717) is 6.07 Å². The zero-order valence-corrected chi connectivity index (χ0v) is 10.0. The maximum Gasteiger partial charge on any atom is 0.417 e. The van der Waals surface area contributed by atoms with Crippen molar-refractivity contribution >= 4 is 35.7 Å². The standard InChI is InChI=1S/C7H3BrClF3O2S/c8-4-1-2-5(7(10,11)12)6(3-4)15(9,13)14/h1-3H. The molecule has 0 radical (unpaired) electrons. The summed E-state index contributed by atoms with van der Waals surface area (Å²) < 4.78 is 59.1. The highest BCUT2D eigenvalue weighted by Crippen LogP contribution is 2.36. The van der Waals surface area contributed by atoms with E-state index in [4.69, 9.17) is 10.7 Å². The number of halogens is 5. The lowest BCUT2D eigenvalue weighted by molar-refractivity contribution is -0.139. The van der Waals surface area contributed by atoms with E-state index < -0.39 is 25.7 Å². The van der Waals surface area contributed by atoms with E-state index in [0.717, 1.165) is 12.1 Å². The molecule has 0 atom stereocenters. The predicted molar refractivity (Wildman–Crippen MR) is 52.2 cm³/mol. The molecule has 8 heteroatoms. The number of rotatable bonds is 1. The van der Waals surface area contributed by atoms with Gasteiger partial charge in [-0.2, -0.15) is 13.2 Å². The smallest absolute Gasteiger partial charge is 0.207 e. The molecule has 0 fully saturated rings. The predicted octanol–water partition coefficient (Wildman–Crippen LogP) is 3.40. The zero-order chi connectivity index (χ0) is 11.9. The van der Waals surface area contributed by atoms with Gasteiger partial charge in [0.1, 0.15) is 0 Å². The Morgan fingerprint density at radius 2 is 1.80 bits per heavy atom. The van der Waals surface area contributed by atoms with Gasteiger partial charge < -0.3 is 0 Å². The van der Waals surface area contributed by atoms with E-state index in [-0.39, 0.29) is 4.47 Å². The molecule has 0 amide bonds. The molecule has 0 N–H and O–H groups in total. The van der Waals surface area contributed by atoms with Gasteiger partial charge in [0.05, 0.1) is 10.5 Å². The van der Waals surface area contributed by atoms with E-state index >= 15 is 0 Å². The van der Waals surface area contributed by atoms with Crippen LogP contribution in [0.3, 0.4) is 0 Å². The van der Waals surface area contributed by atoms with E-state index in [1.54, 1.807) is 0 Å². The number of hydrogen-bond acceptors (Lipinski definition) is 2. The molecule has 2 nitrogen and oxygen atoms in total. The van der Waals surface area contributed by atoms with Crippen LogP contribution in [0.2, 0.25) is 0 Å². The first-order chi connectivity index (χ1) is 6.62. The van der Waals surface area contributed by atoms with Crippen molar-refractivity contribution < 1.29 is 21.6 Å². The lowest BCUT2D eigenvalue weighted by atomic mass is 10.2. The first-order valence-corrected chi connectivity index (χ1v) is 6.54.